The van der Waals surface area contributed by atoms with Crippen molar-refractivity contribution in [1.29, 1.82) is 0 Å². The average Bonchev–Trinajstić information content (AvgIpc) is 3.36. The van der Waals surface area contributed by atoms with E-state index >= 15 is 0 Å². The molecule has 1 N–H and O–H groups in total. The molecule has 29 heavy (non-hydrogen) atoms. The molecule has 8 heteroatoms. The van der Waals surface area contributed by atoms with Gasteiger partial charge < -0.3 is 14.6 Å². The van der Waals surface area contributed by atoms with Gasteiger partial charge in [-0.05, 0) is 61.3 Å². The number of likely N-dealkylation sites (tertiary alicyclic amines) is 1. The lowest BCUT2D eigenvalue weighted by atomic mass is 10.0. The van der Waals surface area contributed by atoms with E-state index in [2.05, 4.69) is 15.2 Å². The van der Waals surface area contributed by atoms with Gasteiger partial charge in [0.1, 0.15) is 11.3 Å². The predicted octanol–water partition coefficient (Wildman–Crippen LogP) is 3.85. The van der Waals surface area contributed by atoms with Crippen molar-refractivity contribution in [2.75, 3.05) is 26.2 Å². The van der Waals surface area contributed by atoms with Crippen LogP contribution in [-0.4, -0.2) is 46.4 Å². The van der Waals surface area contributed by atoms with E-state index in [0.717, 1.165) is 31.8 Å². The number of hydrogen-bond donors (Lipinski definition) is 1. The number of carbonyl (C=O) groups is 1. The number of halogens is 3. The fourth-order valence-corrected chi connectivity index (χ4v) is 3.57. The molecule has 1 saturated heterocycles. The monoisotopic (exact) mass is 402 g/mol. The third-order valence-corrected chi connectivity index (χ3v) is 5.12. The first-order chi connectivity index (χ1) is 13.9. The number of nitrogens with one attached hydrogen (secondary N) is 1. The molecule has 152 valence electrons. The number of rotatable bonds is 5. The summed E-state index contributed by atoms with van der Waals surface area (Å²) in [4.78, 5) is 19.0. The van der Waals surface area contributed by atoms with Crippen LogP contribution in [0, 0.1) is 0 Å². The van der Waals surface area contributed by atoms with E-state index < -0.39 is 11.7 Å². The van der Waals surface area contributed by atoms with Crippen LogP contribution in [0.4, 0.5) is 13.2 Å². The van der Waals surface area contributed by atoms with E-state index in [1.165, 1.54) is 18.9 Å². The zero-order valence-corrected chi connectivity index (χ0v) is 15.7. The second kappa shape index (κ2) is 7.87. The lowest BCUT2D eigenvalue weighted by Crippen LogP contribution is -2.33. The largest absolute Gasteiger partial charge is 0.416 e. The van der Waals surface area contributed by atoms with Crippen molar-refractivity contribution < 1.29 is 18.0 Å². The first-order valence-electron chi connectivity index (χ1n) is 9.57. The summed E-state index contributed by atoms with van der Waals surface area (Å²) in [6, 6.07) is 8.56. The summed E-state index contributed by atoms with van der Waals surface area (Å²) in [5.41, 5.74) is 1.21. The minimum Gasteiger partial charge on any atom is -0.349 e. The molecule has 0 atom stereocenters. The van der Waals surface area contributed by atoms with Crippen molar-refractivity contribution in [3.8, 4) is 11.1 Å². The van der Waals surface area contributed by atoms with E-state index in [4.69, 9.17) is 0 Å². The summed E-state index contributed by atoms with van der Waals surface area (Å²) in [6.07, 6.45) is 1.29. The molecule has 5 nitrogen and oxygen atoms in total. The Hall–Kier alpha value is -2.87. The molecule has 1 amide bonds. The molecule has 3 aromatic rings. The Balaban J connectivity index is 1.49. The highest BCUT2D eigenvalue weighted by Crippen LogP contribution is 2.32. The first kappa shape index (κ1) is 19.4. The molecule has 2 aromatic heterocycles. The molecule has 4 rings (SSSR count). The molecule has 0 unspecified atom stereocenters. The van der Waals surface area contributed by atoms with Crippen LogP contribution in [0.25, 0.3) is 16.8 Å². The van der Waals surface area contributed by atoms with Crippen LogP contribution in [0.3, 0.4) is 0 Å². The van der Waals surface area contributed by atoms with Gasteiger partial charge in [-0.3, -0.25) is 4.79 Å². The topological polar surface area (TPSA) is 49.6 Å². The molecule has 1 aliphatic heterocycles. The fourth-order valence-electron chi connectivity index (χ4n) is 3.57. The maximum Gasteiger partial charge on any atom is 0.416 e. The van der Waals surface area contributed by atoms with E-state index in [9.17, 15) is 18.0 Å². The van der Waals surface area contributed by atoms with Gasteiger partial charge in [0.15, 0.2) is 0 Å². The molecular formula is C21H21F3N4O. The number of alkyl halides is 3. The normalized spacial score (nSPS) is 15.1. The van der Waals surface area contributed by atoms with Gasteiger partial charge in [0, 0.05) is 25.5 Å². The number of benzene rings is 1. The van der Waals surface area contributed by atoms with Crippen molar-refractivity contribution in [3.63, 3.8) is 0 Å². The Kier molecular flexibility index (Phi) is 5.27. The Morgan fingerprint density at radius 2 is 1.86 bits per heavy atom. The van der Waals surface area contributed by atoms with E-state index in [0.29, 0.717) is 23.3 Å². The number of fused-ring (bicyclic) bond motifs is 1. The molecular weight excluding hydrogens is 381 g/mol. The minimum atomic E-state index is -4.39. The van der Waals surface area contributed by atoms with Crippen molar-refractivity contribution in [1.82, 2.24) is 19.6 Å². The number of aromatic nitrogens is 2. The van der Waals surface area contributed by atoms with Gasteiger partial charge in [-0.25, -0.2) is 4.98 Å². The average molecular weight is 402 g/mol. The summed E-state index contributed by atoms with van der Waals surface area (Å²) in [7, 11) is 0. The first-order valence-corrected chi connectivity index (χ1v) is 9.57. The Labute approximate surface area is 166 Å². The van der Waals surface area contributed by atoms with E-state index in [-0.39, 0.29) is 11.6 Å². The Morgan fingerprint density at radius 1 is 1.07 bits per heavy atom. The molecule has 0 bridgehead atoms. The van der Waals surface area contributed by atoms with E-state index in [1.807, 2.05) is 0 Å². The van der Waals surface area contributed by atoms with Crippen LogP contribution in [0.15, 0.2) is 48.8 Å². The Bertz CT molecular complexity index is 1020. The van der Waals surface area contributed by atoms with Gasteiger partial charge >= 0.3 is 6.18 Å². The highest BCUT2D eigenvalue weighted by molar-refractivity contribution is 5.92. The lowest BCUT2D eigenvalue weighted by molar-refractivity contribution is -0.137. The molecule has 1 fully saturated rings. The van der Waals surface area contributed by atoms with Crippen LogP contribution >= 0.6 is 0 Å². The number of nitrogens with zero attached hydrogens (tertiary/aromatic N) is 3. The van der Waals surface area contributed by atoms with Crippen molar-refractivity contribution in [3.05, 3.63) is 60.0 Å². The second-order valence-electron chi connectivity index (χ2n) is 7.19. The molecule has 3 heterocycles. The zero-order chi connectivity index (χ0) is 20.4. The second-order valence-corrected chi connectivity index (χ2v) is 7.19. The van der Waals surface area contributed by atoms with Gasteiger partial charge in [-0.1, -0.05) is 12.1 Å². The zero-order valence-electron chi connectivity index (χ0n) is 15.7. The lowest BCUT2D eigenvalue weighted by Gasteiger charge is -2.14. The van der Waals surface area contributed by atoms with Gasteiger partial charge in [-0.15, -0.1) is 0 Å². The highest BCUT2D eigenvalue weighted by atomic mass is 19.4. The summed E-state index contributed by atoms with van der Waals surface area (Å²) >= 11 is 0. The fraction of sp³-hybridized carbons (Fsp3) is 0.333. The van der Waals surface area contributed by atoms with Crippen molar-refractivity contribution >= 4 is 11.6 Å². The number of pyridine rings is 1. The molecule has 0 spiro atoms. The van der Waals surface area contributed by atoms with Crippen LogP contribution in [0.1, 0.15) is 28.9 Å². The summed E-state index contributed by atoms with van der Waals surface area (Å²) in [5, 5.41) is 2.88. The standard InChI is InChI=1S/C21H21F3N4O/c22-21(23,24)17-5-3-4-15(12-17)16-6-7-19-26-18(14-28(19)13-16)20(29)25-8-11-27-9-1-2-10-27/h3-7,12-14H,1-2,8-11H2,(H,25,29). The predicted molar refractivity (Wildman–Crippen MR) is 104 cm³/mol. The number of imidazole rings is 1. The van der Waals surface area contributed by atoms with E-state index in [1.54, 1.807) is 35.0 Å². The summed E-state index contributed by atoms with van der Waals surface area (Å²) < 4.78 is 40.6. The molecule has 1 aliphatic rings. The summed E-state index contributed by atoms with van der Waals surface area (Å²) in [5.74, 6) is -0.256. The minimum absolute atomic E-state index is 0.256. The maximum absolute atomic E-state index is 13.0. The molecule has 0 saturated carbocycles. The highest BCUT2D eigenvalue weighted by Gasteiger charge is 2.30. The maximum atomic E-state index is 13.0. The number of hydrogen-bond acceptors (Lipinski definition) is 3. The quantitative estimate of drug-likeness (QED) is 0.705. The Morgan fingerprint density at radius 3 is 2.62 bits per heavy atom. The van der Waals surface area contributed by atoms with Crippen LogP contribution in [0.5, 0.6) is 0 Å². The van der Waals surface area contributed by atoms with Crippen LogP contribution < -0.4 is 5.32 Å². The van der Waals surface area contributed by atoms with Gasteiger partial charge in [0.25, 0.3) is 5.91 Å². The number of amides is 1. The smallest absolute Gasteiger partial charge is 0.349 e. The number of carbonyl (C=O) groups excluding carboxylic acids is 1. The third-order valence-electron chi connectivity index (χ3n) is 5.12. The van der Waals surface area contributed by atoms with Crippen LogP contribution in [-0.2, 0) is 6.18 Å². The van der Waals surface area contributed by atoms with Gasteiger partial charge in [0.05, 0.1) is 5.56 Å². The van der Waals surface area contributed by atoms with Gasteiger partial charge in [0.2, 0.25) is 0 Å². The van der Waals surface area contributed by atoms with Crippen molar-refractivity contribution in [2.24, 2.45) is 0 Å². The summed E-state index contributed by atoms with van der Waals surface area (Å²) in [6.45, 7) is 3.52. The molecule has 0 aliphatic carbocycles. The SMILES string of the molecule is O=C(NCCN1CCCC1)c1cn2cc(-c3cccc(C(F)(F)F)c3)ccc2n1. The third kappa shape index (κ3) is 4.42. The van der Waals surface area contributed by atoms with Crippen LogP contribution in [0.2, 0.25) is 0 Å². The molecule has 0 radical (unpaired) electrons. The van der Waals surface area contributed by atoms with Crippen molar-refractivity contribution in [2.45, 2.75) is 19.0 Å². The van der Waals surface area contributed by atoms with Gasteiger partial charge in [-0.2, -0.15) is 13.2 Å². The molecule has 1 aromatic carbocycles.